The van der Waals surface area contributed by atoms with E-state index in [2.05, 4.69) is 32.5 Å². The van der Waals surface area contributed by atoms with Gasteiger partial charge in [-0.3, -0.25) is 9.69 Å². The van der Waals surface area contributed by atoms with E-state index in [4.69, 9.17) is 21.3 Å². The molecule has 176 valence electrons. The summed E-state index contributed by atoms with van der Waals surface area (Å²) < 4.78 is 7.19. The first-order chi connectivity index (χ1) is 16.5. The van der Waals surface area contributed by atoms with Crippen LogP contribution in [-0.4, -0.2) is 64.8 Å². The Morgan fingerprint density at radius 3 is 2.88 bits per heavy atom. The number of fused-ring (bicyclic) bond motifs is 1. The van der Waals surface area contributed by atoms with Gasteiger partial charge >= 0.3 is 0 Å². The molecule has 2 aliphatic rings. The number of allylic oxidation sites excluding steroid dienone is 1. The van der Waals surface area contributed by atoms with Crippen molar-refractivity contribution in [1.29, 1.82) is 0 Å². The van der Waals surface area contributed by atoms with Crippen LogP contribution in [0.25, 0.3) is 11.7 Å². The first-order valence-electron chi connectivity index (χ1n) is 11.2. The number of benzene rings is 1. The van der Waals surface area contributed by atoms with Crippen molar-refractivity contribution in [3.8, 4) is 0 Å². The molecule has 2 aromatic heterocycles. The van der Waals surface area contributed by atoms with E-state index in [9.17, 15) is 4.79 Å². The molecule has 34 heavy (non-hydrogen) atoms. The molecule has 0 bridgehead atoms. The normalized spacial score (nSPS) is 18.0. The number of anilines is 3. The van der Waals surface area contributed by atoms with Crippen molar-refractivity contribution < 1.29 is 9.53 Å². The van der Waals surface area contributed by atoms with Crippen LogP contribution in [0, 0.1) is 0 Å². The number of hydrogen-bond acceptors (Lipinski definition) is 7. The third kappa shape index (κ3) is 5.06. The van der Waals surface area contributed by atoms with E-state index in [1.54, 1.807) is 10.7 Å². The zero-order valence-electron chi connectivity index (χ0n) is 18.7. The number of amides is 1. The van der Waals surface area contributed by atoms with Gasteiger partial charge in [-0.05, 0) is 24.3 Å². The van der Waals surface area contributed by atoms with Crippen molar-refractivity contribution in [3.63, 3.8) is 0 Å². The first kappa shape index (κ1) is 22.4. The third-order valence-corrected chi connectivity index (χ3v) is 5.98. The lowest BCUT2D eigenvalue weighted by Crippen LogP contribution is -2.39. The van der Waals surface area contributed by atoms with Gasteiger partial charge in [0.25, 0.3) is 5.91 Å². The number of carbonyl (C=O) groups excluding carboxylic acids is 1. The van der Waals surface area contributed by atoms with Crippen LogP contribution < -0.4 is 16.0 Å². The molecule has 3 aromatic rings. The summed E-state index contributed by atoms with van der Waals surface area (Å²) in [6.45, 7) is 8.89. The van der Waals surface area contributed by atoms with Gasteiger partial charge in [0.2, 0.25) is 0 Å². The zero-order chi connectivity index (χ0) is 23.5. The standard InChI is InChI=1S/C24H26ClN7O2/c1-16-11-17(24(33)28-16)12-18-15-27-32-22(26-5-6-31-7-9-34-10-8-31)14-21(30-23(18)32)29-20-4-2-3-19(25)13-20/h2-4,12-15,26H,1,5-11H2,(H,28,33)(H,29,30)/b17-12+. The second-order valence-electron chi connectivity index (χ2n) is 8.28. The monoisotopic (exact) mass is 479 g/mol. The fourth-order valence-corrected chi connectivity index (χ4v) is 4.24. The maximum atomic E-state index is 12.2. The maximum absolute atomic E-state index is 12.2. The predicted molar refractivity (Wildman–Crippen MR) is 133 cm³/mol. The van der Waals surface area contributed by atoms with E-state index in [0.717, 1.165) is 56.5 Å². The predicted octanol–water partition coefficient (Wildman–Crippen LogP) is 3.29. The van der Waals surface area contributed by atoms with E-state index >= 15 is 0 Å². The number of nitrogens with one attached hydrogen (secondary N) is 3. The second-order valence-corrected chi connectivity index (χ2v) is 8.72. The molecule has 9 nitrogen and oxygen atoms in total. The lowest BCUT2D eigenvalue weighted by Gasteiger charge is -2.26. The van der Waals surface area contributed by atoms with Crippen LogP contribution in [0.5, 0.6) is 0 Å². The van der Waals surface area contributed by atoms with E-state index < -0.39 is 0 Å². The number of morpholine rings is 1. The molecule has 0 spiro atoms. The third-order valence-electron chi connectivity index (χ3n) is 5.75. The Morgan fingerprint density at radius 1 is 1.26 bits per heavy atom. The summed E-state index contributed by atoms with van der Waals surface area (Å²) in [6, 6.07) is 9.39. The summed E-state index contributed by atoms with van der Waals surface area (Å²) in [5, 5.41) is 14.7. The smallest absolute Gasteiger partial charge is 0.251 e. The minimum atomic E-state index is -0.138. The highest BCUT2D eigenvalue weighted by atomic mass is 35.5. The SMILES string of the molecule is C=C1C/C(=C\c2cnn3c(NCCN4CCOCC4)cc(Nc4cccc(Cl)c4)nc23)C(=O)N1. The maximum Gasteiger partial charge on any atom is 0.251 e. The lowest BCUT2D eigenvalue weighted by atomic mass is 10.1. The Kier molecular flexibility index (Phi) is 6.48. The van der Waals surface area contributed by atoms with E-state index in [-0.39, 0.29) is 5.91 Å². The summed E-state index contributed by atoms with van der Waals surface area (Å²) in [6.07, 6.45) is 4.03. The van der Waals surface area contributed by atoms with Crippen LogP contribution in [-0.2, 0) is 9.53 Å². The van der Waals surface area contributed by atoms with Crippen molar-refractivity contribution in [2.45, 2.75) is 6.42 Å². The summed E-state index contributed by atoms with van der Waals surface area (Å²) in [5.41, 5.74) is 3.55. The molecule has 0 aliphatic carbocycles. The van der Waals surface area contributed by atoms with Gasteiger partial charge in [0.05, 0.1) is 19.4 Å². The van der Waals surface area contributed by atoms with Crippen LogP contribution in [0.4, 0.5) is 17.3 Å². The molecule has 5 rings (SSSR count). The fraction of sp³-hybridized carbons (Fsp3) is 0.292. The van der Waals surface area contributed by atoms with Crippen molar-refractivity contribution in [2.75, 3.05) is 50.0 Å². The van der Waals surface area contributed by atoms with Crippen LogP contribution in [0.15, 0.2) is 54.4 Å². The molecule has 0 unspecified atom stereocenters. The molecule has 3 N–H and O–H groups in total. The fourth-order valence-electron chi connectivity index (χ4n) is 4.05. The topological polar surface area (TPSA) is 95.8 Å². The van der Waals surface area contributed by atoms with Crippen LogP contribution >= 0.6 is 11.6 Å². The molecule has 0 saturated carbocycles. The Hall–Kier alpha value is -3.40. The Labute approximate surface area is 202 Å². The Morgan fingerprint density at radius 2 is 2.12 bits per heavy atom. The highest BCUT2D eigenvalue weighted by Crippen LogP contribution is 2.26. The van der Waals surface area contributed by atoms with Gasteiger partial charge in [-0.25, -0.2) is 4.98 Å². The zero-order valence-corrected chi connectivity index (χ0v) is 19.4. The molecule has 10 heteroatoms. The molecule has 2 saturated heterocycles. The number of carbonyl (C=O) groups is 1. The molecule has 1 aromatic carbocycles. The summed E-state index contributed by atoms with van der Waals surface area (Å²) in [7, 11) is 0. The van der Waals surface area contributed by atoms with Gasteiger partial charge in [-0.1, -0.05) is 24.2 Å². The van der Waals surface area contributed by atoms with Crippen molar-refractivity contribution >= 4 is 46.6 Å². The average Bonchev–Trinajstić information content (AvgIpc) is 3.36. The number of aromatic nitrogens is 3. The van der Waals surface area contributed by atoms with E-state index in [0.29, 0.717) is 34.2 Å². The van der Waals surface area contributed by atoms with E-state index in [1.807, 2.05) is 36.4 Å². The average molecular weight is 480 g/mol. The van der Waals surface area contributed by atoms with Gasteiger partial charge < -0.3 is 20.7 Å². The van der Waals surface area contributed by atoms with Crippen molar-refractivity contribution in [2.24, 2.45) is 0 Å². The molecule has 2 aliphatic heterocycles. The van der Waals surface area contributed by atoms with Gasteiger partial charge in [0.1, 0.15) is 11.6 Å². The van der Waals surface area contributed by atoms with Gasteiger partial charge in [0, 0.05) is 66.2 Å². The van der Waals surface area contributed by atoms with Crippen molar-refractivity contribution in [3.05, 3.63) is 65.0 Å². The minimum absolute atomic E-state index is 0.138. The molecule has 4 heterocycles. The highest BCUT2D eigenvalue weighted by molar-refractivity contribution is 6.30. The van der Waals surface area contributed by atoms with Crippen LogP contribution in [0.2, 0.25) is 5.02 Å². The summed E-state index contributed by atoms with van der Waals surface area (Å²) >= 11 is 6.15. The van der Waals surface area contributed by atoms with Crippen molar-refractivity contribution in [1.82, 2.24) is 24.8 Å². The number of hydrogen-bond donors (Lipinski definition) is 3. The van der Waals surface area contributed by atoms with Gasteiger partial charge in [-0.2, -0.15) is 9.61 Å². The molecular weight excluding hydrogens is 454 g/mol. The number of ether oxygens (including phenoxy) is 1. The van der Waals surface area contributed by atoms with Crippen LogP contribution in [0.3, 0.4) is 0 Å². The quantitative estimate of drug-likeness (QED) is 0.447. The minimum Gasteiger partial charge on any atom is -0.379 e. The first-order valence-corrected chi connectivity index (χ1v) is 11.6. The Balaban J connectivity index is 1.46. The van der Waals surface area contributed by atoms with Crippen LogP contribution in [0.1, 0.15) is 12.0 Å². The molecule has 0 atom stereocenters. The van der Waals surface area contributed by atoms with Gasteiger partial charge in [-0.15, -0.1) is 0 Å². The number of halogens is 1. The number of rotatable bonds is 7. The van der Waals surface area contributed by atoms with Gasteiger partial charge in [0.15, 0.2) is 5.65 Å². The largest absolute Gasteiger partial charge is 0.379 e. The summed E-state index contributed by atoms with van der Waals surface area (Å²) in [4.78, 5) is 19.4. The molecular formula is C24H26ClN7O2. The molecule has 2 fully saturated rings. The molecule has 1 amide bonds. The summed E-state index contributed by atoms with van der Waals surface area (Å²) in [5.74, 6) is 1.30. The number of nitrogens with zero attached hydrogens (tertiary/aromatic N) is 4. The lowest BCUT2D eigenvalue weighted by molar-refractivity contribution is -0.115. The molecule has 0 radical (unpaired) electrons. The second kappa shape index (κ2) is 9.84. The Bertz CT molecular complexity index is 1260. The van der Waals surface area contributed by atoms with E-state index in [1.165, 1.54) is 0 Å². The highest BCUT2D eigenvalue weighted by Gasteiger charge is 2.21.